The van der Waals surface area contributed by atoms with Crippen molar-refractivity contribution in [2.24, 2.45) is 11.8 Å². The van der Waals surface area contributed by atoms with Crippen molar-refractivity contribution in [2.45, 2.75) is 24.7 Å². The molecule has 2 aliphatic rings. The number of amides is 1. The first-order valence-corrected chi connectivity index (χ1v) is 9.57. The van der Waals surface area contributed by atoms with E-state index in [1.807, 2.05) is 4.90 Å². The topological polar surface area (TPSA) is 70.6 Å². The Hall–Kier alpha value is -1.18. The minimum absolute atomic E-state index is 0.122. The van der Waals surface area contributed by atoms with Crippen molar-refractivity contribution in [3.8, 4) is 0 Å². The van der Waals surface area contributed by atoms with Gasteiger partial charge in [-0.2, -0.15) is 4.31 Å². The van der Waals surface area contributed by atoms with E-state index in [4.69, 9.17) is 11.6 Å². The van der Waals surface area contributed by atoms with Gasteiger partial charge in [-0.15, -0.1) is 0 Å². The molecule has 2 saturated heterocycles. The summed E-state index contributed by atoms with van der Waals surface area (Å²) in [6, 6.07) is 2.99. The smallest absolute Gasteiger partial charge is 0.244 e. The standard InChI is InChI=1S/C15H20ClN3O3S/c1-11(20)18-9-13(10-18)12-4-6-19(7-5-12)23(21,22)14-2-3-15(16)17-8-14/h2-3,8,12-13H,4-7,9-10H2,1H3. The molecule has 1 amide bonds. The predicted molar refractivity (Wildman–Crippen MR) is 86.5 cm³/mol. The Morgan fingerprint density at radius 2 is 1.87 bits per heavy atom. The van der Waals surface area contributed by atoms with E-state index in [1.54, 1.807) is 6.92 Å². The van der Waals surface area contributed by atoms with E-state index >= 15 is 0 Å². The summed E-state index contributed by atoms with van der Waals surface area (Å²) in [5, 5.41) is 0.280. The Bertz CT molecular complexity index is 678. The first kappa shape index (κ1) is 16.7. The number of sulfonamides is 1. The number of aromatic nitrogens is 1. The molecule has 126 valence electrons. The van der Waals surface area contributed by atoms with E-state index in [-0.39, 0.29) is 16.0 Å². The number of piperidine rings is 1. The van der Waals surface area contributed by atoms with E-state index in [1.165, 1.54) is 22.6 Å². The van der Waals surface area contributed by atoms with Crippen LogP contribution in [-0.4, -0.2) is 54.7 Å². The molecule has 23 heavy (non-hydrogen) atoms. The van der Waals surface area contributed by atoms with Gasteiger partial charge in [0, 0.05) is 39.3 Å². The van der Waals surface area contributed by atoms with Crippen LogP contribution in [0.3, 0.4) is 0 Å². The normalized spacial score (nSPS) is 21.2. The van der Waals surface area contributed by atoms with Crippen molar-refractivity contribution in [3.05, 3.63) is 23.5 Å². The van der Waals surface area contributed by atoms with Crippen molar-refractivity contribution in [1.29, 1.82) is 0 Å². The molecule has 0 atom stereocenters. The zero-order valence-electron chi connectivity index (χ0n) is 13.0. The molecular weight excluding hydrogens is 338 g/mol. The zero-order chi connectivity index (χ0) is 16.6. The fourth-order valence-electron chi connectivity index (χ4n) is 3.32. The molecule has 6 nitrogen and oxygen atoms in total. The molecule has 0 radical (unpaired) electrons. The monoisotopic (exact) mass is 357 g/mol. The molecule has 0 spiro atoms. The van der Waals surface area contributed by atoms with E-state index in [2.05, 4.69) is 4.98 Å². The molecule has 0 aromatic carbocycles. The number of hydrogen-bond donors (Lipinski definition) is 0. The summed E-state index contributed by atoms with van der Waals surface area (Å²) in [4.78, 5) is 17.1. The maximum atomic E-state index is 12.6. The number of rotatable bonds is 3. The molecule has 0 saturated carbocycles. The second-order valence-corrected chi connectivity index (χ2v) is 8.57. The summed E-state index contributed by atoms with van der Waals surface area (Å²) < 4.78 is 26.7. The molecule has 3 rings (SSSR count). The van der Waals surface area contributed by atoms with E-state index in [9.17, 15) is 13.2 Å². The third-order valence-corrected chi connectivity index (χ3v) is 6.96. The summed E-state index contributed by atoms with van der Waals surface area (Å²) in [5.41, 5.74) is 0. The lowest BCUT2D eigenvalue weighted by atomic mass is 9.80. The lowest BCUT2D eigenvalue weighted by molar-refractivity contribution is -0.136. The summed E-state index contributed by atoms with van der Waals surface area (Å²) in [7, 11) is -3.49. The minimum atomic E-state index is -3.49. The van der Waals surface area contributed by atoms with Gasteiger partial charge in [-0.3, -0.25) is 4.79 Å². The van der Waals surface area contributed by atoms with E-state index in [0.29, 0.717) is 24.9 Å². The Balaban J connectivity index is 1.58. The molecule has 0 aliphatic carbocycles. The van der Waals surface area contributed by atoms with Crippen LogP contribution in [0, 0.1) is 11.8 Å². The van der Waals surface area contributed by atoms with Crippen LogP contribution in [0.4, 0.5) is 0 Å². The molecule has 1 aromatic rings. The Morgan fingerprint density at radius 3 is 2.39 bits per heavy atom. The third kappa shape index (κ3) is 3.36. The number of carbonyl (C=O) groups is 1. The van der Waals surface area contributed by atoms with Crippen molar-refractivity contribution in [1.82, 2.24) is 14.2 Å². The molecule has 8 heteroatoms. The van der Waals surface area contributed by atoms with Gasteiger partial charge in [0.05, 0.1) is 0 Å². The summed E-state index contributed by atoms with van der Waals surface area (Å²) in [6.07, 6.45) is 2.99. The van der Waals surface area contributed by atoms with Gasteiger partial charge >= 0.3 is 0 Å². The van der Waals surface area contributed by atoms with Crippen LogP contribution >= 0.6 is 11.6 Å². The number of halogens is 1. The van der Waals surface area contributed by atoms with Crippen LogP contribution in [0.5, 0.6) is 0 Å². The number of pyridine rings is 1. The van der Waals surface area contributed by atoms with Gasteiger partial charge in [0.15, 0.2) is 0 Å². The predicted octanol–water partition coefficient (Wildman–Crippen LogP) is 1.61. The molecular formula is C15H20ClN3O3S. The highest BCUT2D eigenvalue weighted by Gasteiger charge is 2.38. The van der Waals surface area contributed by atoms with Crippen molar-refractivity contribution in [2.75, 3.05) is 26.2 Å². The number of nitrogens with zero attached hydrogens (tertiary/aromatic N) is 3. The largest absolute Gasteiger partial charge is 0.342 e. The Labute approximate surface area is 141 Å². The van der Waals surface area contributed by atoms with Crippen LogP contribution in [0.1, 0.15) is 19.8 Å². The number of likely N-dealkylation sites (tertiary alicyclic amines) is 1. The third-order valence-electron chi connectivity index (χ3n) is 4.86. The first-order valence-electron chi connectivity index (χ1n) is 7.75. The van der Waals surface area contributed by atoms with E-state index in [0.717, 1.165) is 25.9 Å². The van der Waals surface area contributed by atoms with E-state index < -0.39 is 10.0 Å². The van der Waals surface area contributed by atoms with Gasteiger partial charge in [0.2, 0.25) is 15.9 Å². The highest BCUT2D eigenvalue weighted by molar-refractivity contribution is 7.89. The zero-order valence-corrected chi connectivity index (χ0v) is 14.6. The molecule has 2 fully saturated rings. The fourth-order valence-corrected chi connectivity index (χ4v) is 4.85. The Morgan fingerprint density at radius 1 is 1.22 bits per heavy atom. The summed E-state index contributed by atoms with van der Waals surface area (Å²) in [6.45, 7) is 4.26. The molecule has 3 heterocycles. The number of carbonyl (C=O) groups excluding carboxylic acids is 1. The number of hydrogen-bond acceptors (Lipinski definition) is 4. The van der Waals surface area contributed by atoms with Crippen LogP contribution in [0.25, 0.3) is 0 Å². The van der Waals surface area contributed by atoms with Crippen molar-refractivity contribution >= 4 is 27.5 Å². The van der Waals surface area contributed by atoms with Crippen molar-refractivity contribution < 1.29 is 13.2 Å². The van der Waals surface area contributed by atoms with Gasteiger partial charge in [0.1, 0.15) is 10.0 Å². The van der Waals surface area contributed by atoms with Crippen LogP contribution in [-0.2, 0) is 14.8 Å². The molecule has 1 aromatic heterocycles. The first-order chi connectivity index (χ1) is 10.9. The summed E-state index contributed by atoms with van der Waals surface area (Å²) in [5.74, 6) is 1.14. The average Bonchev–Trinajstić information content (AvgIpc) is 2.46. The van der Waals surface area contributed by atoms with Crippen molar-refractivity contribution in [3.63, 3.8) is 0 Å². The molecule has 0 N–H and O–H groups in total. The molecule has 2 aliphatic heterocycles. The van der Waals surface area contributed by atoms with Crippen LogP contribution in [0.15, 0.2) is 23.2 Å². The highest BCUT2D eigenvalue weighted by atomic mass is 35.5. The lowest BCUT2D eigenvalue weighted by Crippen LogP contribution is -2.53. The summed E-state index contributed by atoms with van der Waals surface area (Å²) >= 11 is 5.71. The maximum absolute atomic E-state index is 12.6. The van der Waals surface area contributed by atoms with Gasteiger partial charge in [-0.1, -0.05) is 11.6 Å². The second kappa shape index (κ2) is 6.37. The minimum Gasteiger partial charge on any atom is -0.342 e. The van der Waals surface area contributed by atoms with Gasteiger partial charge in [0.25, 0.3) is 0 Å². The second-order valence-electron chi connectivity index (χ2n) is 6.24. The van der Waals surface area contributed by atoms with Gasteiger partial charge < -0.3 is 4.90 Å². The maximum Gasteiger partial charge on any atom is 0.244 e. The van der Waals surface area contributed by atoms with Crippen LogP contribution < -0.4 is 0 Å². The molecule has 0 unspecified atom stereocenters. The SMILES string of the molecule is CC(=O)N1CC(C2CCN(S(=O)(=O)c3ccc(Cl)nc3)CC2)C1. The van der Waals surface area contributed by atoms with Crippen LogP contribution in [0.2, 0.25) is 5.15 Å². The van der Waals surface area contributed by atoms with Gasteiger partial charge in [-0.25, -0.2) is 13.4 Å². The average molecular weight is 358 g/mol. The fraction of sp³-hybridized carbons (Fsp3) is 0.600. The quantitative estimate of drug-likeness (QED) is 0.771. The Kier molecular flexibility index (Phi) is 4.62. The van der Waals surface area contributed by atoms with Gasteiger partial charge in [-0.05, 0) is 36.8 Å². The highest BCUT2D eigenvalue weighted by Crippen LogP contribution is 2.33. The lowest BCUT2D eigenvalue weighted by Gasteiger charge is -2.45. The molecule has 0 bridgehead atoms.